The second-order valence-electron chi connectivity index (χ2n) is 4.18. The second kappa shape index (κ2) is 4.45. The van der Waals surface area contributed by atoms with Crippen molar-refractivity contribution in [3.8, 4) is 0 Å². The monoisotopic (exact) mass is 186 g/mol. The third-order valence-corrected chi connectivity index (χ3v) is 3.03. The maximum atomic E-state index is 2.40. The smallest absolute Gasteiger partial charge is 0.0204 e. The summed E-state index contributed by atoms with van der Waals surface area (Å²) < 4.78 is 0. The molecule has 0 N–H and O–H groups in total. The lowest BCUT2D eigenvalue weighted by molar-refractivity contribution is 0.553. The molecule has 0 radical (unpaired) electrons. The Morgan fingerprint density at radius 1 is 1.29 bits per heavy atom. The van der Waals surface area contributed by atoms with Crippen LogP contribution in [0.1, 0.15) is 31.7 Å². The lowest BCUT2D eigenvalue weighted by Crippen LogP contribution is -1.95. The van der Waals surface area contributed by atoms with Crippen LogP contribution in [0.4, 0.5) is 0 Å². The largest absolute Gasteiger partial charge is 0.0806 e. The van der Waals surface area contributed by atoms with E-state index in [0.29, 0.717) is 0 Å². The molecule has 0 spiro atoms. The van der Waals surface area contributed by atoms with Gasteiger partial charge in [0, 0.05) is 0 Å². The van der Waals surface area contributed by atoms with Gasteiger partial charge in [0.2, 0.25) is 0 Å². The van der Waals surface area contributed by atoms with E-state index in [1.807, 2.05) is 0 Å². The fourth-order valence-corrected chi connectivity index (χ4v) is 1.95. The van der Waals surface area contributed by atoms with Crippen LogP contribution in [0.2, 0.25) is 0 Å². The van der Waals surface area contributed by atoms with Crippen molar-refractivity contribution in [1.82, 2.24) is 0 Å². The van der Waals surface area contributed by atoms with Crippen LogP contribution in [-0.2, 0) is 0 Å². The molecule has 1 fully saturated rings. The SMILES string of the molecule is CCC(C=Cc1ccccc1)C1CC1. The van der Waals surface area contributed by atoms with E-state index in [9.17, 15) is 0 Å². The molecule has 0 saturated heterocycles. The molecule has 2 rings (SSSR count). The molecule has 0 bridgehead atoms. The Balaban J connectivity index is 1.98. The van der Waals surface area contributed by atoms with Crippen molar-refractivity contribution in [3.63, 3.8) is 0 Å². The van der Waals surface area contributed by atoms with Gasteiger partial charge in [-0.25, -0.2) is 0 Å². The second-order valence-corrected chi connectivity index (χ2v) is 4.18. The summed E-state index contributed by atoms with van der Waals surface area (Å²) in [4.78, 5) is 0. The third kappa shape index (κ3) is 2.47. The highest BCUT2D eigenvalue weighted by molar-refractivity contribution is 5.49. The maximum absolute atomic E-state index is 2.40. The fourth-order valence-electron chi connectivity index (χ4n) is 1.95. The van der Waals surface area contributed by atoms with Gasteiger partial charge in [-0.1, -0.05) is 49.4 Å². The first-order chi connectivity index (χ1) is 6.90. The lowest BCUT2D eigenvalue weighted by Gasteiger charge is -2.06. The molecule has 1 atom stereocenters. The molecule has 1 aliphatic rings. The summed E-state index contributed by atoms with van der Waals surface area (Å²) >= 11 is 0. The summed E-state index contributed by atoms with van der Waals surface area (Å²) in [5, 5.41) is 0. The van der Waals surface area contributed by atoms with E-state index in [1.165, 1.54) is 24.8 Å². The lowest BCUT2D eigenvalue weighted by atomic mass is 9.99. The van der Waals surface area contributed by atoms with Crippen molar-refractivity contribution in [2.45, 2.75) is 26.2 Å². The Kier molecular flexibility index (Phi) is 3.03. The van der Waals surface area contributed by atoms with Crippen LogP contribution in [0.5, 0.6) is 0 Å². The Bertz CT molecular complexity index is 293. The average molecular weight is 186 g/mol. The Morgan fingerprint density at radius 3 is 2.57 bits per heavy atom. The van der Waals surface area contributed by atoms with Crippen molar-refractivity contribution < 1.29 is 0 Å². The highest BCUT2D eigenvalue weighted by atomic mass is 14.3. The molecule has 1 aromatic rings. The molecule has 74 valence electrons. The summed E-state index contributed by atoms with van der Waals surface area (Å²) in [6.07, 6.45) is 8.84. The maximum Gasteiger partial charge on any atom is -0.0204 e. The van der Waals surface area contributed by atoms with Crippen LogP contribution in [-0.4, -0.2) is 0 Å². The molecule has 0 heteroatoms. The summed E-state index contributed by atoms with van der Waals surface area (Å²) in [6, 6.07) is 10.6. The quantitative estimate of drug-likeness (QED) is 0.663. The Hall–Kier alpha value is -1.04. The highest BCUT2D eigenvalue weighted by Gasteiger charge is 2.27. The van der Waals surface area contributed by atoms with E-state index < -0.39 is 0 Å². The fraction of sp³-hybridized carbons (Fsp3) is 0.429. The van der Waals surface area contributed by atoms with Gasteiger partial charge in [0.1, 0.15) is 0 Å². The molecule has 1 saturated carbocycles. The average Bonchev–Trinajstić information content (AvgIpc) is 3.05. The summed E-state index contributed by atoms with van der Waals surface area (Å²) in [7, 11) is 0. The van der Waals surface area contributed by atoms with Crippen LogP contribution in [0.15, 0.2) is 36.4 Å². The van der Waals surface area contributed by atoms with Crippen molar-refractivity contribution in [3.05, 3.63) is 42.0 Å². The topological polar surface area (TPSA) is 0 Å². The number of allylic oxidation sites excluding steroid dienone is 1. The molecule has 0 aliphatic heterocycles. The van der Waals surface area contributed by atoms with Gasteiger partial charge in [-0.3, -0.25) is 0 Å². The van der Waals surface area contributed by atoms with E-state index in [0.717, 1.165) is 11.8 Å². The number of hydrogen-bond acceptors (Lipinski definition) is 0. The first-order valence-electron chi connectivity index (χ1n) is 5.63. The molecule has 0 heterocycles. The molecule has 0 nitrogen and oxygen atoms in total. The van der Waals surface area contributed by atoms with E-state index in [-0.39, 0.29) is 0 Å². The summed E-state index contributed by atoms with van der Waals surface area (Å²) in [5.41, 5.74) is 1.33. The third-order valence-electron chi connectivity index (χ3n) is 3.03. The molecule has 0 amide bonds. The van der Waals surface area contributed by atoms with Crippen molar-refractivity contribution in [2.75, 3.05) is 0 Å². The van der Waals surface area contributed by atoms with E-state index >= 15 is 0 Å². The number of benzene rings is 1. The Morgan fingerprint density at radius 2 is 2.00 bits per heavy atom. The van der Waals surface area contributed by atoms with Gasteiger partial charge < -0.3 is 0 Å². The van der Waals surface area contributed by atoms with Crippen LogP contribution in [0.25, 0.3) is 6.08 Å². The first-order valence-corrected chi connectivity index (χ1v) is 5.63. The van der Waals surface area contributed by atoms with Crippen LogP contribution >= 0.6 is 0 Å². The van der Waals surface area contributed by atoms with Crippen LogP contribution in [0, 0.1) is 11.8 Å². The first kappa shape index (κ1) is 9.51. The zero-order valence-corrected chi connectivity index (χ0v) is 8.82. The molecular weight excluding hydrogens is 168 g/mol. The highest BCUT2D eigenvalue weighted by Crippen LogP contribution is 2.39. The van der Waals surface area contributed by atoms with E-state index in [4.69, 9.17) is 0 Å². The molecule has 1 aliphatic carbocycles. The molecule has 1 aromatic carbocycles. The molecule has 1 unspecified atom stereocenters. The molecule has 0 aromatic heterocycles. The predicted molar refractivity (Wildman–Crippen MR) is 62.0 cm³/mol. The van der Waals surface area contributed by atoms with Crippen LogP contribution < -0.4 is 0 Å². The van der Waals surface area contributed by atoms with Gasteiger partial charge in [-0.05, 0) is 36.7 Å². The molecule has 14 heavy (non-hydrogen) atoms. The van der Waals surface area contributed by atoms with Crippen molar-refractivity contribution in [2.24, 2.45) is 11.8 Å². The van der Waals surface area contributed by atoms with Gasteiger partial charge >= 0.3 is 0 Å². The van der Waals surface area contributed by atoms with Crippen molar-refractivity contribution in [1.29, 1.82) is 0 Å². The number of hydrogen-bond donors (Lipinski definition) is 0. The minimum atomic E-state index is 0.815. The minimum Gasteiger partial charge on any atom is -0.0806 e. The molecular formula is C14H18. The van der Waals surface area contributed by atoms with Gasteiger partial charge in [-0.2, -0.15) is 0 Å². The van der Waals surface area contributed by atoms with E-state index in [1.54, 1.807) is 0 Å². The zero-order chi connectivity index (χ0) is 9.80. The summed E-state index contributed by atoms with van der Waals surface area (Å²) in [5.74, 6) is 1.80. The van der Waals surface area contributed by atoms with Gasteiger partial charge in [-0.15, -0.1) is 0 Å². The standard InChI is InChI=1S/C14H18/c1-2-13(14-10-11-14)9-8-12-6-4-3-5-7-12/h3-9,13-14H,2,10-11H2,1H3. The zero-order valence-electron chi connectivity index (χ0n) is 8.82. The normalized spacial score (nSPS) is 18.6. The van der Waals surface area contributed by atoms with Crippen molar-refractivity contribution >= 4 is 6.08 Å². The van der Waals surface area contributed by atoms with E-state index in [2.05, 4.69) is 49.4 Å². The Labute approximate surface area is 86.7 Å². The van der Waals surface area contributed by atoms with Gasteiger partial charge in [0.15, 0.2) is 0 Å². The van der Waals surface area contributed by atoms with Gasteiger partial charge in [0.25, 0.3) is 0 Å². The summed E-state index contributed by atoms with van der Waals surface area (Å²) in [6.45, 7) is 2.29. The predicted octanol–water partition coefficient (Wildman–Crippen LogP) is 4.14. The number of rotatable bonds is 4. The van der Waals surface area contributed by atoms with Gasteiger partial charge in [0.05, 0.1) is 0 Å². The minimum absolute atomic E-state index is 0.815. The van der Waals surface area contributed by atoms with Crippen LogP contribution in [0.3, 0.4) is 0 Å².